The minimum Gasteiger partial charge on any atom is -0.494 e. The molecule has 14 heteroatoms. The summed E-state index contributed by atoms with van der Waals surface area (Å²) in [7, 11) is -1.38. The van der Waals surface area contributed by atoms with Crippen molar-refractivity contribution in [3.8, 4) is 11.5 Å². The Labute approximate surface area is 288 Å². The van der Waals surface area contributed by atoms with Crippen LogP contribution in [0.5, 0.6) is 11.5 Å². The van der Waals surface area contributed by atoms with Crippen molar-refractivity contribution in [1.82, 2.24) is 5.32 Å². The third kappa shape index (κ3) is 14.3. The molecular formula is C33H49ClNO10PS. The summed E-state index contributed by atoms with van der Waals surface area (Å²) in [4.78, 5) is 26.8. The monoisotopic (exact) mass is 717 g/mol. The number of phosphoric acid groups is 1. The summed E-state index contributed by atoms with van der Waals surface area (Å²) in [6.07, 6.45) is 0.548. The van der Waals surface area contributed by atoms with E-state index < -0.39 is 36.8 Å². The molecule has 1 N–H and O–H groups in total. The molecule has 11 nitrogen and oxygen atoms in total. The van der Waals surface area contributed by atoms with Gasteiger partial charge in [-0.25, -0.2) is 14.2 Å². The number of hydrogen-bond acceptors (Lipinski definition) is 11. The van der Waals surface area contributed by atoms with Gasteiger partial charge in [-0.15, -0.1) is 0 Å². The van der Waals surface area contributed by atoms with Gasteiger partial charge in [-0.3, -0.25) is 13.6 Å². The van der Waals surface area contributed by atoms with Gasteiger partial charge < -0.3 is 24.3 Å². The molecule has 0 aliphatic rings. The summed E-state index contributed by atoms with van der Waals surface area (Å²) in [5, 5.41) is 3.46. The number of hydrogen-bond donors (Lipinski definition) is 1. The summed E-state index contributed by atoms with van der Waals surface area (Å²) in [6.45, 7) is 14.8. The van der Waals surface area contributed by atoms with E-state index in [1.165, 1.54) is 26.0 Å². The Morgan fingerprint density at radius 2 is 1.57 bits per heavy atom. The van der Waals surface area contributed by atoms with Crippen LogP contribution >= 0.6 is 31.2 Å². The molecular weight excluding hydrogens is 669 g/mol. The van der Waals surface area contributed by atoms with Gasteiger partial charge >= 0.3 is 20.1 Å². The zero-order valence-electron chi connectivity index (χ0n) is 29.0. The molecule has 264 valence electrons. The topological polar surface area (TPSA) is 128 Å². The van der Waals surface area contributed by atoms with Gasteiger partial charge in [0.25, 0.3) is 0 Å². The molecule has 0 saturated heterocycles. The first-order valence-corrected chi connectivity index (χ1v) is 18.0. The lowest BCUT2D eigenvalue weighted by Crippen LogP contribution is -2.53. The normalized spacial score (nSPS) is 13.4. The van der Waals surface area contributed by atoms with Gasteiger partial charge in [-0.1, -0.05) is 42.8 Å². The molecule has 0 spiro atoms. The highest BCUT2D eigenvalue weighted by Gasteiger charge is 2.37. The van der Waals surface area contributed by atoms with Crippen LogP contribution in [0.25, 0.3) is 0 Å². The standard InChI is InChI=1S/C33H49ClNO10PS/c1-11-18-33(22-42-46(38,39-9)40-10,35-29(36)44-31(3,4)5)19-17-23-13-15-25(21-26(23)34)47-28-20-24(41-12-2)14-16-27(28)43-30(37)45-32(6,7)8/h13-16,20-21H,11-12,17-19,22H2,1-10H3,(H,35,36). The van der Waals surface area contributed by atoms with Crippen LogP contribution in [0.4, 0.5) is 9.59 Å². The Hall–Kier alpha value is -2.47. The highest BCUT2D eigenvalue weighted by molar-refractivity contribution is 7.99. The molecule has 0 aliphatic carbocycles. The maximum absolute atomic E-state index is 12.9. The van der Waals surface area contributed by atoms with E-state index in [0.29, 0.717) is 53.7 Å². The molecule has 47 heavy (non-hydrogen) atoms. The maximum atomic E-state index is 12.9. The van der Waals surface area contributed by atoms with Crippen LogP contribution in [0.2, 0.25) is 5.02 Å². The fraction of sp³-hybridized carbons (Fsp3) is 0.576. The Morgan fingerprint density at radius 1 is 0.915 bits per heavy atom. The molecule has 1 atom stereocenters. The maximum Gasteiger partial charge on any atom is 0.514 e. The van der Waals surface area contributed by atoms with Crippen molar-refractivity contribution in [1.29, 1.82) is 0 Å². The second kappa shape index (κ2) is 17.8. The average Bonchev–Trinajstić information content (AvgIpc) is 2.95. The highest BCUT2D eigenvalue weighted by atomic mass is 35.5. The largest absolute Gasteiger partial charge is 0.514 e. The average molecular weight is 718 g/mol. The van der Waals surface area contributed by atoms with Crippen LogP contribution in [-0.2, 0) is 34.0 Å². The zero-order valence-corrected chi connectivity index (χ0v) is 31.5. The molecule has 0 aliphatic heterocycles. The predicted molar refractivity (Wildman–Crippen MR) is 183 cm³/mol. The first-order valence-electron chi connectivity index (χ1n) is 15.4. The molecule has 2 aromatic carbocycles. The van der Waals surface area contributed by atoms with Gasteiger partial charge in [0.2, 0.25) is 0 Å². The van der Waals surface area contributed by atoms with Gasteiger partial charge in [0.05, 0.1) is 23.6 Å². The van der Waals surface area contributed by atoms with Gasteiger partial charge in [0.1, 0.15) is 22.7 Å². The Balaban J connectivity index is 2.34. The number of nitrogens with one attached hydrogen (secondary N) is 1. The smallest absolute Gasteiger partial charge is 0.494 e. The number of halogens is 1. The van der Waals surface area contributed by atoms with E-state index in [1.807, 2.05) is 32.0 Å². The second-order valence-electron chi connectivity index (χ2n) is 12.7. The van der Waals surface area contributed by atoms with Gasteiger partial charge in [-0.2, -0.15) is 0 Å². The lowest BCUT2D eigenvalue weighted by molar-refractivity contribution is 0.0200. The quantitative estimate of drug-likeness (QED) is 0.101. The van der Waals surface area contributed by atoms with E-state index in [9.17, 15) is 14.2 Å². The number of benzene rings is 2. The summed E-state index contributed by atoms with van der Waals surface area (Å²) < 4.78 is 50.4. The van der Waals surface area contributed by atoms with Crippen LogP contribution in [0, 0.1) is 0 Å². The summed E-state index contributed by atoms with van der Waals surface area (Å²) in [5.74, 6) is 0.933. The minimum atomic E-state index is -3.83. The van der Waals surface area contributed by atoms with Crippen LogP contribution < -0.4 is 14.8 Å². The molecule has 0 heterocycles. The number of aryl methyl sites for hydroxylation is 1. The molecule has 1 amide bonds. The number of carbonyl (C=O) groups excluding carboxylic acids is 2. The fourth-order valence-electron chi connectivity index (χ4n) is 4.38. The van der Waals surface area contributed by atoms with E-state index in [1.54, 1.807) is 59.7 Å². The van der Waals surface area contributed by atoms with Crippen LogP contribution in [0.3, 0.4) is 0 Å². The third-order valence-electron chi connectivity index (χ3n) is 6.38. The van der Waals surface area contributed by atoms with Crippen molar-refractivity contribution < 1.29 is 46.7 Å². The summed E-state index contributed by atoms with van der Waals surface area (Å²) in [6, 6.07) is 10.8. The van der Waals surface area contributed by atoms with Crippen molar-refractivity contribution in [2.45, 2.75) is 108 Å². The van der Waals surface area contributed by atoms with Crippen molar-refractivity contribution in [3.63, 3.8) is 0 Å². The van der Waals surface area contributed by atoms with Crippen molar-refractivity contribution in [3.05, 3.63) is 47.0 Å². The van der Waals surface area contributed by atoms with Crippen molar-refractivity contribution in [2.75, 3.05) is 27.4 Å². The Morgan fingerprint density at radius 3 is 2.13 bits per heavy atom. The van der Waals surface area contributed by atoms with E-state index in [4.69, 9.17) is 44.1 Å². The van der Waals surface area contributed by atoms with E-state index in [2.05, 4.69) is 5.32 Å². The third-order valence-corrected chi connectivity index (χ3v) is 9.10. The minimum absolute atomic E-state index is 0.152. The molecule has 0 saturated carbocycles. The molecule has 2 aromatic rings. The first-order chi connectivity index (χ1) is 21.8. The van der Waals surface area contributed by atoms with Gasteiger partial charge in [0.15, 0.2) is 0 Å². The first kappa shape index (κ1) is 40.7. The number of alkyl carbamates (subject to hydrolysis) is 1. The van der Waals surface area contributed by atoms with Crippen LogP contribution in [0.1, 0.15) is 80.2 Å². The van der Waals surface area contributed by atoms with E-state index in [0.717, 1.165) is 10.5 Å². The van der Waals surface area contributed by atoms with Crippen LogP contribution in [0.15, 0.2) is 46.2 Å². The van der Waals surface area contributed by atoms with Gasteiger partial charge in [-0.05, 0) is 104 Å². The SMILES string of the molecule is CCCC(CCc1ccc(Sc2cc(OCC)ccc2OC(=O)OC(C)(C)C)cc1Cl)(COP(=O)(OC)OC)NC(=O)OC(C)(C)C. The summed E-state index contributed by atoms with van der Waals surface area (Å²) in [5.41, 5.74) is -1.60. The van der Waals surface area contributed by atoms with Gasteiger partial charge in [0, 0.05) is 24.1 Å². The van der Waals surface area contributed by atoms with Crippen LogP contribution in [-0.4, -0.2) is 56.4 Å². The van der Waals surface area contributed by atoms with E-state index in [-0.39, 0.29) is 6.61 Å². The number of carbonyl (C=O) groups is 2. The fourth-order valence-corrected chi connectivity index (χ4v) is 6.43. The van der Waals surface area contributed by atoms with E-state index >= 15 is 0 Å². The van der Waals surface area contributed by atoms with Crippen molar-refractivity contribution in [2.24, 2.45) is 0 Å². The lowest BCUT2D eigenvalue weighted by atomic mass is 9.87. The lowest BCUT2D eigenvalue weighted by Gasteiger charge is -2.36. The predicted octanol–water partition coefficient (Wildman–Crippen LogP) is 9.62. The molecule has 0 bridgehead atoms. The molecule has 2 rings (SSSR count). The number of phosphoric ester groups is 1. The Kier molecular flexibility index (Phi) is 15.4. The molecule has 0 radical (unpaired) electrons. The number of ether oxygens (including phenoxy) is 4. The highest BCUT2D eigenvalue weighted by Crippen LogP contribution is 2.48. The van der Waals surface area contributed by atoms with Crippen molar-refractivity contribution >= 4 is 43.4 Å². The molecule has 0 fully saturated rings. The molecule has 1 unspecified atom stereocenters. The molecule has 0 aromatic heterocycles. The zero-order chi connectivity index (χ0) is 35.5. The summed E-state index contributed by atoms with van der Waals surface area (Å²) >= 11 is 8.14. The number of rotatable bonds is 16. The Bertz CT molecular complexity index is 1390. The number of amides is 1. The second-order valence-corrected chi connectivity index (χ2v) is 16.1.